The van der Waals surface area contributed by atoms with Crippen molar-refractivity contribution in [2.45, 2.75) is 53.9 Å². The van der Waals surface area contributed by atoms with Crippen molar-refractivity contribution in [1.29, 1.82) is 0 Å². The van der Waals surface area contributed by atoms with Gasteiger partial charge in [0.25, 0.3) is 0 Å². The van der Waals surface area contributed by atoms with E-state index in [0.717, 1.165) is 25.0 Å². The average Bonchev–Trinajstić information content (AvgIpc) is 3.25. The zero-order chi connectivity index (χ0) is 22.4. The highest BCUT2D eigenvalue weighted by Gasteiger charge is 2.18. The van der Waals surface area contributed by atoms with Crippen LogP contribution in [0, 0.1) is 31.5 Å². The molecule has 1 aromatic carbocycles. The third-order valence-corrected chi connectivity index (χ3v) is 5.90. The standard InChI is InChI=1S/C15H14FN5.C9H18O/c1-4-17-12-6-10(5-11(16)8(12)2)13-14-15(19-7-18-14)21-9(3)20-13;1-3-8(2)9-5-4-6-10-7-9/h4-7H,1-3H3,(H,18,19,20,21);8-9H,3-7H2,1-2H3. The molecule has 2 aromatic heterocycles. The Hall–Kier alpha value is -2.67. The van der Waals surface area contributed by atoms with Gasteiger partial charge in [0.15, 0.2) is 5.65 Å². The fraction of sp³-hybridized carbons (Fsp3) is 0.500. The summed E-state index contributed by atoms with van der Waals surface area (Å²) in [4.78, 5) is 20.0. The van der Waals surface area contributed by atoms with E-state index in [-0.39, 0.29) is 5.82 Å². The first kappa shape index (κ1) is 23.0. The molecule has 1 N–H and O–H groups in total. The molecule has 6 nitrogen and oxygen atoms in total. The molecule has 1 fully saturated rings. The molecule has 0 bridgehead atoms. The highest BCUT2D eigenvalue weighted by atomic mass is 19.1. The lowest BCUT2D eigenvalue weighted by Crippen LogP contribution is -2.22. The van der Waals surface area contributed by atoms with Gasteiger partial charge in [0, 0.05) is 30.6 Å². The molecule has 3 aromatic rings. The van der Waals surface area contributed by atoms with E-state index in [1.807, 2.05) is 6.07 Å². The summed E-state index contributed by atoms with van der Waals surface area (Å²) < 4.78 is 19.5. The lowest BCUT2D eigenvalue weighted by Gasteiger charge is -2.26. The second kappa shape index (κ2) is 10.6. The van der Waals surface area contributed by atoms with Crippen LogP contribution in [-0.2, 0) is 4.74 Å². The van der Waals surface area contributed by atoms with Gasteiger partial charge >= 0.3 is 0 Å². The number of aliphatic imine (C=N–C) groups is 1. The molecule has 0 radical (unpaired) electrons. The number of ether oxygens (including phenoxy) is 1. The SMILES string of the molecule is CC=Nc1cc(-c2nc(C)nc3nc[nH]c23)cc(F)c1C.CCC(C)C1CCCOC1. The van der Waals surface area contributed by atoms with Gasteiger partial charge < -0.3 is 9.72 Å². The van der Waals surface area contributed by atoms with E-state index in [9.17, 15) is 4.39 Å². The lowest BCUT2D eigenvalue weighted by atomic mass is 9.88. The van der Waals surface area contributed by atoms with Crippen molar-refractivity contribution in [3.8, 4) is 11.3 Å². The summed E-state index contributed by atoms with van der Waals surface area (Å²) in [6.07, 6.45) is 7.15. The third kappa shape index (κ3) is 5.53. The van der Waals surface area contributed by atoms with Crippen LogP contribution in [0.15, 0.2) is 23.5 Å². The van der Waals surface area contributed by atoms with E-state index < -0.39 is 0 Å². The minimum absolute atomic E-state index is 0.308. The molecule has 0 spiro atoms. The van der Waals surface area contributed by atoms with E-state index >= 15 is 0 Å². The summed E-state index contributed by atoms with van der Waals surface area (Å²) in [5, 5.41) is 0. The van der Waals surface area contributed by atoms with Crippen LogP contribution >= 0.6 is 0 Å². The molecule has 166 valence electrons. The molecule has 2 atom stereocenters. The summed E-state index contributed by atoms with van der Waals surface area (Å²) in [6.45, 7) is 11.9. The minimum atomic E-state index is -0.308. The Balaban J connectivity index is 0.000000229. The third-order valence-electron chi connectivity index (χ3n) is 5.90. The molecule has 2 unspecified atom stereocenters. The number of nitrogens with zero attached hydrogens (tertiary/aromatic N) is 4. The second-order valence-corrected chi connectivity index (χ2v) is 8.07. The number of imidazole rings is 1. The van der Waals surface area contributed by atoms with Gasteiger partial charge in [-0.25, -0.2) is 19.3 Å². The van der Waals surface area contributed by atoms with Crippen molar-refractivity contribution in [2.24, 2.45) is 16.8 Å². The highest BCUT2D eigenvalue weighted by Crippen LogP contribution is 2.31. The first-order valence-electron chi connectivity index (χ1n) is 11.0. The summed E-state index contributed by atoms with van der Waals surface area (Å²) in [7, 11) is 0. The molecule has 0 saturated carbocycles. The van der Waals surface area contributed by atoms with Gasteiger partial charge in [0.1, 0.15) is 17.2 Å². The Morgan fingerprint density at radius 1 is 1.32 bits per heavy atom. The quantitative estimate of drug-likeness (QED) is 0.524. The Morgan fingerprint density at radius 3 is 2.81 bits per heavy atom. The topological polar surface area (TPSA) is 76.0 Å². The van der Waals surface area contributed by atoms with Gasteiger partial charge in [-0.05, 0) is 57.6 Å². The molecule has 0 aliphatic carbocycles. The van der Waals surface area contributed by atoms with Crippen LogP contribution < -0.4 is 0 Å². The van der Waals surface area contributed by atoms with E-state index in [2.05, 4.69) is 38.8 Å². The normalized spacial score (nSPS) is 17.5. The maximum absolute atomic E-state index is 14.1. The van der Waals surface area contributed by atoms with E-state index in [0.29, 0.717) is 39.5 Å². The number of fused-ring (bicyclic) bond motifs is 1. The van der Waals surface area contributed by atoms with Crippen molar-refractivity contribution in [2.75, 3.05) is 13.2 Å². The van der Waals surface area contributed by atoms with Crippen molar-refractivity contribution in [3.63, 3.8) is 0 Å². The largest absolute Gasteiger partial charge is 0.381 e. The van der Waals surface area contributed by atoms with Crippen molar-refractivity contribution in [1.82, 2.24) is 19.9 Å². The first-order valence-corrected chi connectivity index (χ1v) is 11.0. The van der Waals surface area contributed by atoms with Crippen molar-refractivity contribution in [3.05, 3.63) is 35.7 Å². The average molecular weight is 426 g/mol. The smallest absolute Gasteiger partial charge is 0.181 e. The number of halogens is 1. The van der Waals surface area contributed by atoms with Crippen LogP contribution in [0.3, 0.4) is 0 Å². The number of hydrogen-bond donors (Lipinski definition) is 1. The number of hydrogen-bond acceptors (Lipinski definition) is 5. The second-order valence-electron chi connectivity index (χ2n) is 8.07. The fourth-order valence-corrected chi connectivity index (χ4v) is 3.77. The van der Waals surface area contributed by atoms with E-state index in [4.69, 9.17) is 4.74 Å². The molecule has 1 aliphatic heterocycles. The van der Waals surface area contributed by atoms with E-state index in [1.165, 1.54) is 25.3 Å². The van der Waals surface area contributed by atoms with Crippen molar-refractivity contribution >= 4 is 23.1 Å². The summed E-state index contributed by atoms with van der Waals surface area (Å²) in [6, 6.07) is 3.28. The number of H-pyrrole nitrogens is 1. The van der Waals surface area contributed by atoms with Crippen LogP contribution in [0.5, 0.6) is 0 Å². The Bertz CT molecular complexity index is 1040. The molecule has 0 amide bonds. The van der Waals surface area contributed by atoms with Gasteiger partial charge in [-0.1, -0.05) is 20.3 Å². The van der Waals surface area contributed by atoms with Crippen LogP contribution in [0.1, 0.15) is 51.4 Å². The van der Waals surface area contributed by atoms with Crippen LogP contribution in [0.2, 0.25) is 0 Å². The highest BCUT2D eigenvalue weighted by molar-refractivity contribution is 5.88. The number of aromatic amines is 1. The van der Waals surface area contributed by atoms with Crippen molar-refractivity contribution < 1.29 is 9.13 Å². The number of nitrogens with one attached hydrogen (secondary N) is 1. The molecular formula is C24H32FN5O. The maximum atomic E-state index is 14.1. The van der Waals surface area contributed by atoms with Gasteiger partial charge in [-0.2, -0.15) is 0 Å². The van der Waals surface area contributed by atoms with Crippen LogP contribution in [0.4, 0.5) is 10.1 Å². The monoisotopic (exact) mass is 425 g/mol. The van der Waals surface area contributed by atoms with Gasteiger partial charge in [-0.3, -0.25) is 4.99 Å². The Morgan fingerprint density at radius 2 is 2.13 bits per heavy atom. The number of rotatable bonds is 4. The molecule has 7 heteroatoms. The summed E-state index contributed by atoms with van der Waals surface area (Å²) >= 11 is 0. The molecular weight excluding hydrogens is 393 g/mol. The Labute approximate surface area is 183 Å². The molecule has 1 aliphatic rings. The fourth-order valence-electron chi connectivity index (χ4n) is 3.77. The number of benzene rings is 1. The molecule has 1 saturated heterocycles. The van der Waals surface area contributed by atoms with Gasteiger partial charge in [0.2, 0.25) is 0 Å². The van der Waals surface area contributed by atoms with Gasteiger partial charge in [0.05, 0.1) is 17.7 Å². The predicted molar refractivity (Wildman–Crippen MR) is 123 cm³/mol. The summed E-state index contributed by atoms with van der Waals surface area (Å²) in [5.74, 6) is 1.99. The van der Waals surface area contributed by atoms with Crippen LogP contribution in [-0.4, -0.2) is 39.4 Å². The lowest BCUT2D eigenvalue weighted by molar-refractivity contribution is 0.0333. The molecule has 4 rings (SSSR count). The van der Waals surface area contributed by atoms with E-state index in [1.54, 1.807) is 33.3 Å². The summed E-state index contributed by atoms with van der Waals surface area (Å²) in [5.41, 5.74) is 3.65. The zero-order valence-electron chi connectivity index (χ0n) is 19.1. The molecule has 31 heavy (non-hydrogen) atoms. The first-order chi connectivity index (χ1) is 14.9. The van der Waals surface area contributed by atoms with Crippen LogP contribution in [0.25, 0.3) is 22.4 Å². The zero-order valence-corrected chi connectivity index (χ0v) is 19.1. The number of aromatic nitrogens is 4. The Kier molecular flexibility index (Phi) is 7.85. The maximum Gasteiger partial charge on any atom is 0.181 e. The number of aryl methyl sites for hydroxylation is 1. The minimum Gasteiger partial charge on any atom is -0.381 e. The molecule has 3 heterocycles. The predicted octanol–water partition coefficient (Wildman–Crippen LogP) is 5.96. The van der Waals surface area contributed by atoms with Gasteiger partial charge in [-0.15, -0.1) is 0 Å².